The predicted octanol–water partition coefficient (Wildman–Crippen LogP) is 2.29. The summed E-state index contributed by atoms with van der Waals surface area (Å²) in [6.07, 6.45) is 2.85. The number of halogens is 1. The maximum atomic E-state index is 11.4. The van der Waals surface area contributed by atoms with E-state index in [-0.39, 0.29) is 5.15 Å². The van der Waals surface area contributed by atoms with Crippen molar-refractivity contribution in [2.75, 3.05) is 37.8 Å². The van der Waals surface area contributed by atoms with Crippen molar-refractivity contribution in [1.29, 1.82) is 0 Å². The Balaban J connectivity index is 1.86. The molecule has 1 aliphatic heterocycles. The number of rotatable bonds is 4. The van der Waals surface area contributed by atoms with E-state index in [1.54, 1.807) is 19.1 Å². The normalized spacial score (nSPS) is 15.5. The monoisotopic (exact) mass is 337 g/mol. The van der Waals surface area contributed by atoms with E-state index < -0.39 is 5.97 Å². The highest BCUT2D eigenvalue weighted by Crippen LogP contribution is 2.26. The number of carbonyl (C=O) groups excluding carboxylic acids is 1. The molecule has 0 aliphatic carbocycles. The van der Waals surface area contributed by atoms with Gasteiger partial charge in [0, 0.05) is 24.7 Å². The first-order chi connectivity index (χ1) is 11.2. The molecule has 8 heteroatoms. The van der Waals surface area contributed by atoms with Crippen molar-refractivity contribution >= 4 is 40.9 Å². The number of oxazole rings is 1. The lowest BCUT2D eigenvalue weighted by atomic mass is 10.2. The van der Waals surface area contributed by atoms with Crippen LogP contribution in [0.2, 0.25) is 5.15 Å². The Morgan fingerprint density at radius 2 is 2.22 bits per heavy atom. The Morgan fingerprint density at radius 3 is 2.96 bits per heavy atom. The van der Waals surface area contributed by atoms with Gasteiger partial charge in [0.15, 0.2) is 5.58 Å². The molecule has 3 rings (SSSR count). The topological polar surface area (TPSA) is 77.7 Å². The van der Waals surface area contributed by atoms with Crippen LogP contribution in [0.4, 0.5) is 6.01 Å². The van der Waals surface area contributed by atoms with Gasteiger partial charge in [0.05, 0.1) is 19.8 Å². The van der Waals surface area contributed by atoms with Gasteiger partial charge >= 0.3 is 5.97 Å². The summed E-state index contributed by atoms with van der Waals surface area (Å²) in [5.74, 6) is -0.435. The molecule has 2 aromatic heterocycles. The number of nitrogens with zero attached hydrogens (tertiary/aromatic N) is 3. The Morgan fingerprint density at radius 1 is 1.43 bits per heavy atom. The average Bonchev–Trinajstić information content (AvgIpc) is 2.96. The van der Waals surface area contributed by atoms with Crippen LogP contribution in [0.3, 0.4) is 0 Å². The van der Waals surface area contributed by atoms with E-state index in [0.29, 0.717) is 42.6 Å². The molecule has 0 saturated carbocycles. The second-order valence-electron chi connectivity index (χ2n) is 4.87. The van der Waals surface area contributed by atoms with Crippen LogP contribution in [0.5, 0.6) is 0 Å². The molecular formula is C15H16ClN3O4. The van der Waals surface area contributed by atoms with Crippen molar-refractivity contribution in [3.63, 3.8) is 0 Å². The molecule has 0 radical (unpaired) electrons. The Hall–Kier alpha value is -2.12. The zero-order chi connectivity index (χ0) is 16.2. The number of anilines is 1. The summed E-state index contributed by atoms with van der Waals surface area (Å²) in [6, 6.07) is 2.20. The number of esters is 1. The minimum atomic E-state index is -0.435. The summed E-state index contributed by atoms with van der Waals surface area (Å²) in [4.78, 5) is 21.9. The molecule has 2 aromatic rings. The number of hydrogen-bond donors (Lipinski definition) is 0. The van der Waals surface area contributed by atoms with Crippen LogP contribution in [0.25, 0.3) is 17.3 Å². The van der Waals surface area contributed by atoms with Crippen LogP contribution in [0.15, 0.2) is 16.6 Å². The van der Waals surface area contributed by atoms with Crippen LogP contribution < -0.4 is 4.90 Å². The average molecular weight is 338 g/mol. The zero-order valence-corrected chi connectivity index (χ0v) is 13.4. The van der Waals surface area contributed by atoms with Crippen molar-refractivity contribution in [3.8, 4) is 0 Å². The van der Waals surface area contributed by atoms with Gasteiger partial charge in [-0.2, -0.15) is 4.98 Å². The van der Waals surface area contributed by atoms with E-state index in [0.717, 1.165) is 13.1 Å². The summed E-state index contributed by atoms with van der Waals surface area (Å²) in [5, 5.41) is 0.250. The van der Waals surface area contributed by atoms with Gasteiger partial charge in [-0.1, -0.05) is 11.6 Å². The molecule has 1 aliphatic rings. The number of hydrogen-bond acceptors (Lipinski definition) is 7. The third-order valence-electron chi connectivity index (χ3n) is 3.32. The number of morpholine rings is 1. The molecule has 0 atom stereocenters. The maximum absolute atomic E-state index is 11.4. The SMILES string of the molecule is CCOC(=O)/C=C/c1cc2oc(N3CCOCC3)nc2nc1Cl. The quantitative estimate of drug-likeness (QED) is 0.481. The van der Waals surface area contributed by atoms with Crippen molar-refractivity contribution in [3.05, 3.63) is 22.9 Å². The number of aromatic nitrogens is 2. The number of ether oxygens (including phenoxy) is 2. The summed E-state index contributed by atoms with van der Waals surface area (Å²) in [6.45, 7) is 4.78. The zero-order valence-electron chi connectivity index (χ0n) is 12.6. The van der Waals surface area contributed by atoms with Gasteiger partial charge in [-0.05, 0) is 19.1 Å². The smallest absolute Gasteiger partial charge is 0.330 e. The second kappa shape index (κ2) is 6.97. The number of pyridine rings is 1. The van der Waals surface area contributed by atoms with Crippen molar-refractivity contribution < 1.29 is 18.7 Å². The molecule has 23 heavy (non-hydrogen) atoms. The third kappa shape index (κ3) is 3.62. The highest BCUT2D eigenvalue weighted by molar-refractivity contribution is 6.31. The maximum Gasteiger partial charge on any atom is 0.330 e. The standard InChI is InChI=1S/C15H16ClN3O4/c1-2-22-12(20)4-3-10-9-11-14(17-13(10)16)18-15(23-11)19-5-7-21-8-6-19/h3-4,9H,2,5-8H2,1H3/b4-3+. The van der Waals surface area contributed by atoms with Gasteiger partial charge in [0.2, 0.25) is 5.65 Å². The number of fused-ring (bicyclic) bond motifs is 1. The van der Waals surface area contributed by atoms with Crippen LogP contribution in [-0.2, 0) is 14.3 Å². The van der Waals surface area contributed by atoms with Crippen molar-refractivity contribution in [2.45, 2.75) is 6.92 Å². The first-order valence-corrected chi connectivity index (χ1v) is 7.70. The molecule has 0 spiro atoms. The van der Waals surface area contributed by atoms with E-state index in [4.69, 9.17) is 25.5 Å². The Bertz CT molecular complexity index is 738. The molecule has 0 bridgehead atoms. The molecule has 0 amide bonds. The molecule has 1 fully saturated rings. The van der Waals surface area contributed by atoms with Crippen molar-refractivity contribution in [1.82, 2.24) is 9.97 Å². The van der Waals surface area contributed by atoms with E-state index in [1.807, 2.05) is 4.90 Å². The Kier molecular flexibility index (Phi) is 4.78. The van der Waals surface area contributed by atoms with Crippen LogP contribution in [0.1, 0.15) is 12.5 Å². The molecule has 0 aromatic carbocycles. The summed E-state index contributed by atoms with van der Waals surface area (Å²) >= 11 is 6.13. The van der Waals surface area contributed by atoms with Crippen molar-refractivity contribution in [2.24, 2.45) is 0 Å². The first-order valence-electron chi connectivity index (χ1n) is 7.32. The minimum absolute atomic E-state index is 0.250. The Labute approximate surface area is 137 Å². The van der Waals surface area contributed by atoms with Crippen LogP contribution in [0, 0.1) is 0 Å². The van der Waals surface area contributed by atoms with Gasteiger partial charge in [0.25, 0.3) is 6.01 Å². The second-order valence-corrected chi connectivity index (χ2v) is 5.23. The fourth-order valence-corrected chi connectivity index (χ4v) is 2.40. The van der Waals surface area contributed by atoms with Crippen LogP contribution >= 0.6 is 11.6 Å². The summed E-state index contributed by atoms with van der Waals surface area (Å²) in [7, 11) is 0. The first kappa shape index (κ1) is 15.8. The molecule has 7 nitrogen and oxygen atoms in total. The lowest BCUT2D eigenvalue weighted by Gasteiger charge is -2.24. The summed E-state index contributed by atoms with van der Waals surface area (Å²) < 4.78 is 15.9. The molecule has 122 valence electrons. The van der Waals surface area contributed by atoms with Crippen LogP contribution in [-0.4, -0.2) is 48.8 Å². The molecule has 0 unspecified atom stereocenters. The van der Waals surface area contributed by atoms with E-state index >= 15 is 0 Å². The highest BCUT2D eigenvalue weighted by atomic mass is 35.5. The van der Waals surface area contributed by atoms with E-state index in [9.17, 15) is 4.79 Å². The van der Waals surface area contributed by atoms with Gasteiger partial charge in [0.1, 0.15) is 5.15 Å². The lowest BCUT2D eigenvalue weighted by molar-refractivity contribution is -0.137. The number of carbonyl (C=O) groups is 1. The summed E-state index contributed by atoms with van der Waals surface area (Å²) in [5.41, 5.74) is 1.51. The largest absolute Gasteiger partial charge is 0.463 e. The van der Waals surface area contributed by atoms with Gasteiger partial charge < -0.3 is 18.8 Å². The third-order valence-corrected chi connectivity index (χ3v) is 3.62. The van der Waals surface area contributed by atoms with E-state index in [2.05, 4.69) is 9.97 Å². The molecule has 3 heterocycles. The minimum Gasteiger partial charge on any atom is -0.463 e. The molecule has 1 saturated heterocycles. The fraction of sp³-hybridized carbons (Fsp3) is 0.400. The lowest BCUT2D eigenvalue weighted by Crippen LogP contribution is -2.36. The fourth-order valence-electron chi connectivity index (χ4n) is 2.20. The van der Waals surface area contributed by atoms with Gasteiger partial charge in [-0.25, -0.2) is 9.78 Å². The molecular weight excluding hydrogens is 322 g/mol. The van der Waals surface area contributed by atoms with Gasteiger partial charge in [-0.15, -0.1) is 0 Å². The van der Waals surface area contributed by atoms with Gasteiger partial charge in [-0.3, -0.25) is 0 Å². The predicted molar refractivity (Wildman–Crippen MR) is 85.5 cm³/mol. The van der Waals surface area contributed by atoms with E-state index in [1.165, 1.54) is 6.08 Å². The highest BCUT2D eigenvalue weighted by Gasteiger charge is 2.18. The molecule has 0 N–H and O–H groups in total.